The molecule has 2 heteroatoms. The molecule has 1 aromatic carbocycles. The van der Waals surface area contributed by atoms with E-state index < -0.39 is 0 Å². The minimum atomic E-state index is -0.0256. The standard InChI is InChI=1S/C14H14N2/c15-14-11-5-2-1-4-10(11)7-8-13-12(14)6-3-9-16-13/h1-6,9,14H,7-8,15H2. The highest BCUT2D eigenvalue weighted by molar-refractivity contribution is 5.41. The van der Waals surface area contributed by atoms with Gasteiger partial charge in [0.05, 0.1) is 6.04 Å². The molecule has 1 unspecified atom stereocenters. The van der Waals surface area contributed by atoms with Crippen LogP contribution in [0.3, 0.4) is 0 Å². The fraction of sp³-hybridized carbons (Fsp3) is 0.214. The predicted octanol–water partition coefficient (Wildman–Crippen LogP) is 2.23. The van der Waals surface area contributed by atoms with E-state index in [1.165, 1.54) is 16.7 Å². The Bertz CT molecular complexity index is 472. The Kier molecular flexibility index (Phi) is 2.22. The Morgan fingerprint density at radius 1 is 1.00 bits per heavy atom. The number of hydrogen-bond acceptors (Lipinski definition) is 2. The van der Waals surface area contributed by atoms with E-state index in [0.29, 0.717) is 0 Å². The van der Waals surface area contributed by atoms with Crippen LogP contribution in [0.25, 0.3) is 0 Å². The Hall–Kier alpha value is -1.67. The highest BCUT2D eigenvalue weighted by Crippen LogP contribution is 2.29. The summed E-state index contributed by atoms with van der Waals surface area (Å²) in [5, 5.41) is 0. The Morgan fingerprint density at radius 3 is 2.75 bits per heavy atom. The summed E-state index contributed by atoms with van der Waals surface area (Å²) in [7, 11) is 0. The lowest BCUT2D eigenvalue weighted by Crippen LogP contribution is -2.13. The highest BCUT2D eigenvalue weighted by Gasteiger charge is 2.20. The summed E-state index contributed by atoms with van der Waals surface area (Å²) in [6.07, 6.45) is 3.87. The number of aryl methyl sites for hydroxylation is 2. The first kappa shape index (κ1) is 9.55. The second kappa shape index (κ2) is 3.72. The Labute approximate surface area is 95.1 Å². The van der Waals surface area contributed by atoms with Gasteiger partial charge in [0.2, 0.25) is 0 Å². The fourth-order valence-corrected chi connectivity index (χ4v) is 2.43. The van der Waals surface area contributed by atoms with E-state index >= 15 is 0 Å². The van der Waals surface area contributed by atoms with Gasteiger partial charge in [-0.25, -0.2) is 0 Å². The van der Waals surface area contributed by atoms with E-state index in [9.17, 15) is 0 Å². The molecular weight excluding hydrogens is 196 g/mol. The molecule has 1 aromatic heterocycles. The Morgan fingerprint density at radius 2 is 1.81 bits per heavy atom. The zero-order valence-electron chi connectivity index (χ0n) is 9.06. The third-order valence-corrected chi connectivity index (χ3v) is 3.28. The normalized spacial score (nSPS) is 18.4. The van der Waals surface area contributed by atoms with Crippen LogP contribution in [0.4, 0.5) is 0 Å². The summed E-state index contributed by atoms with van der Waals surface area (Å²) >= 11 is 0. The molecule has 1 atom stereocenters. The van der Waals surface area contributed by atoms with Gasteiger partial charge in [-0.2, -0.15) is 0 Å². The van der Waals surface area contributed by atoms with Crippen molar-refractivity contribution in [2.24, 2.45) is 5.73 Å². The molecule has 0 aliphatic heterocycles. The van der Waals surface area contributed by atoms with Gasteiger partial charge in [-0.1, -0.05) is 30.3 Å². The van der Waals surface area contributed by atoms with Crippen molar-refractivity contribution < 1.29 is 0 Å². The molecule has 0 saturated heterocycles. The minimum absolute atomic E-state index is 0.0256. The number of benzene rings is 1. The van der Waals surface area contributed by atoms with Crippen LogP contribution in [0.1, 0.15) is 28.4 Å². The van der Waals surface area contributed by atoms with Crippen LogP contribution in [-0.2, 0) is 12.8 Å². The van der Waals surface area contributed by atoms with E-state index in [1.807, 2.05) is 12.3 Å². The maximum atomic E-state index is 6.32. The first-order chi connectivity index (χ1) is 7.86. The zero-order valence-corrected chi connectivity index (χ0v) is 9.06. The number of nitrogens with two attached hydrogens (primary N) is 1. The van der Waals surface area contributed by atoms with Crippen LogP contribution in [0.5, 0.6) is 0 Å². The molecule has 3 rings (SSSR count). The van der Waals surface area contributed by atoms with Gasteiger partial charge in [0.25, 0.3) is 0 Å². The van der Waals surface area contributed by atoms with E-state index in [0.717, 1.165) is 18.5 Å². The minimum Gasteiger partial charge on any atom is -0.320 e. The second-order valence-corrected chi connectivity index (χ2v) is 4.22. The maximum Gasteiger partial charge on any atom is 0.0572 e. The predicted molar refractivity (Wildman–Crippen MR) is 64.1 cm³/mol. The van der Waals surface area contributed by atoms with Crippen LogP contribution in [0.2, 0.25) is 0 Å². The van der Waals surface area contributed by atoms with Crippen LogP contribution >= 0.6 is 0 Å². The molecule has 1 heterocycles. The van der Waals surface area contributed by atoms with Crippen LogP contribution in [0.15, 0.2) is 42.6 Å². The molecule has 1 aliphatic rings. The van der Waals surface area contributed by atoms with Crippen molar-refractivity contribution in [3.63, 3.8) is 0 Å². The summed E-state index contributed by atoms with van der Waals surface area (Å²) in [5.74, 6) is 0. The van der Waals surface area contributed by atoms with Crippen LogP contribution < -0.4 is 5.73 Å². The lowest BCUT2D eigenvalue weighted by atomic mass is 9.97. The van der Waals surface area contributed by atoms with Crippen molar-refractivity contribution in [3.8, 4) is 0 Å². The van der Waals surface area contributed by atoms with Gasteiger partial charge in [-0.15, -0.1) is 0 Å². The van der Waals surface area contributed by atoms with Crippen molar-refractivity contribution in [1.82, 2.24) is 4.98 Å². The van der Waals surface area contributed by atoms with Crippen molar-refractivity contribution in [2.75, 3.05) is 0 Å². The van der Waals surface area contributed by atoms with Crippen LogP contribution in [-0.4, -0.2) is 4.98 Å². The second-order valence-electron chi connectivity index (χ2n) is 4.22. The topological polar surface area (TPSA) is 38.9 Å². The lowest BCUT2D eigenvalue weighted by Gasteiger charge is -2.14. The summed E-state index contributed by atoms with van der Waals surface area (Å²) in [4.78, 5) is 4.43. The zero-order chi connectivity index (χ0) is 11.0. The number of pyridine rings is 1. The molecule has 0 fully saturated rings. The fourth-order valence-electron chi connectivity index (χ4n) is 2.43. The number of fused-ring (bicyclic) bond motifs is 2. The van der Waals surface area contributed by atoms with Crippen molar-refractivity contribution in [1.29, 1.82) is 0 Å². The van der Waals surface area contributed by atoms with Crippen molar-refractivity contribution in [2.45, 2.75) is 18.9 Å². The van der Waals surface area contributed by atoms with Gasteiger partial charge < -0.3 is 5.73 Å². The molecule has 2 N–H and O–H groups in total. The number of nitrogens with zero attached hydrogens (tertiary/aromatic N) is 1. The van der Waals surface area contributed by atoms with Gasteiger partial charge in [0, 0.05) is 11.9 Å². The number of aromatic nitrogens is 1. The molecule has 0 bridgehead atoms. The number of hydrogen-bond donors (Lipinski definition) is 1. The maximum absolute atomic E-state index is 6.32. The summed E-state index contributed by atoms with van der Waals surface area (Å²) in [6, 6.07) is 12.5. The SMILES string of the molecule is NC1c2ccccc2CCc2ncccc21. The summed E-state index contributed by atoms with van der Waals surface area (Å²) in [6.45, 7) is 0. The van der Waals surface area contributed by atoms with Gasteiger partial charge in [-0.05, 0) is 35.6 Å². The summed E-state index contributed by atoms with van der Waals surface area (Å²) < 4.78 is 0. The third kappa shape index (κ3) is 1.42. The van der Waals surface area contributed by atoms with Gasteiger partial charge in [0.15, 0.2) is 0 Å². The molecule has 16 heavy (non-hydrogen) atoms. The molecule has 0 spiro atoms. The Balaban J connectivity index is 2.18. The molecule has 1 aliphatic carbocycles. The van der Waals surface area contributed by atoms with Gasteiger partial charge in [0.1, 0.15) is 0 Å². The quantitative estimate of drug-likeness (QED) is 0.724. The first-order valence-corrected chi connectivity index (χ1v) is 5.63. The van der Waals surface area contributed by atoms with Gasteiger partial charge >= 0.3 is 0 Å². The van der Waals surface area contributed by atoms with Crippen molar-refractivity contribution in [3.05, 3.63) is 65.0 Å². The molecular formula is C14H14N2. The van der Waals surface area contributed by atoms with Gasteiger partial charge in [-0.3, -0.25) is 4.98 Å². The van der Waals surface area contributed by atoms with E-state index in [2.05, 4.69) is 35.3 Å². The van der Waals surface area contributed by atoms with E-state index in [1.54, 1.807) is 0 Å². The molecule has 0 saturated carbocycles. The largest absolute Gasteiger partial charge is 0.320 e. The molecule has 0 radical (unpaired) electrons. The molecule has 2 nitrogen and oxygen atoms in total. The summed E-state index contributed by atoms with van der Waals surface area (Å²) in [5.41, 5.74) is 11.2. The smallest absolute Gasteiger partial charge is 0.0572 e. The number of rotatable bonds is 0. The first-order valence-electron chi connectivity index (χ1n) is 5.63. The van der Waals surface area contributed by atoms with Crippen LogP contribution in [0, 0.1) is 0 Å². The molecule has 80 valence electrons. The average molecular weight is 210 g/mol. The molecule has 2 aromatic rings. The average Bonchev–Trinajstić information content (AvgIpc) is 2.49. The third-order valence-electron chi connectivity index (χ3n) is 3.28. The monoisotopic (exact) mass is 210 g/mol. The lowest BCUT2D eigenvalue weighted by molar-refractivity contribution is 0.849. The van der Waals surface area contributed by atoms with E-state index in [-0.39, 0.29) is 6.04 Å². The van der Waals surface area contributed by atoms with E-state index in [4.69, 9.17) is 5.73 Å². The van der Waals surface area contributed by atoms with Crippen molar-refractivity contribution >= 4 is 0 Å². The molecule has 0 amide bonds. The highest BCUT2D eigenvalue weighted by atomic mass is 14.7.